The van der Waals surface area contributed by atoms with Crippen LogP contribution in [0.3, 0.4) is 0 Å². The maximum atomic E-state index is 3.46. The van der Waals surface area contributed by atoms with Gasteiger partial charge in [0.1, 0.15) is 0 Å². The Balaban J connectivity index is 0.000000291. The molecular weight excluding hydrogens is 582 g/mol. The smallest absolute Gasteiger partial charge is 0 e. The largest absolute Gasteiger partial charge is 0.213 e. The van der Waals surface area contributed by atoms with Gasteiger partial charge < -0.3 is 0 Å². The van der Waals surface area contributed by atoms with Crippen molar-refractivity contribution in [3.63, 3.8) is 0 Å². The summed E-state index contributed by atoms with van der Waals surface area (Å²) in [5.41, 5.74) is 4.37. The molecule has 0 radical (unpaired) electrons. The number of rotatable bonds is 6. The van der Waals surface area contributed by atoms with E-state index in [0.717, 1.165) is 8.58 Å². The SMILES string of the molecule is C=CC=CC.CCCC[c-]1cccc1C.Cc1ccccc1Pc1cc2ccccc2[cH-]1.[Hf]. The Bertz CT molecular complexity index is 1060. The molecule has 0 heterocycles. The monoisotopic (exact) mass is 620 g/mol. The Hall–Kier alpha value is -1.82. The van der Waals surface area contributed by atoms with Gasteiger partial charge in [-0.2, -0.15) is 23.3 Å². The third-order valence-corrected chi connectivity index (χ3v) is 6.73. The van der Waals surface area contributed by atoms with Gasteiger partial charge in [-0.1, -0.05) is 96.8 Å². The van der Waals surface area contributed by atoms with Crippen LogP contribution in [0.25, 0.3) is 10.8 Å². The molecule has 0 aliphatic rings. The van der Waals surface area contributed by atoms with E-state index in [2.05, 4.69) is 106 Å². The van der Waals surface area contributed by atoms with Gasteiger partial charge in [-0.15, -0.1) is 40.3 Å². The minimum atomic E-state index is 0. The van der Waals surface area contributed by atoms with Crippen molar-refractivity contribution < 1.29 is 25.8 Å². The minimum Gasteiger partial charge on any atom is -0.213 e. The van der Waals surface area contributed by atoms with Crippen LogP contribution >= 0.6 is 8.58 Å². The van der Waals surface area contributed by atoms with Crippen LogP contribution in [0, 0.1) is 13.8 Å². The number of fused-ring (bicyclic) bond motifs is 1. The van der Waals surface area contributed by atoms with Crippen LogP contribution in [0.4, 0.5) is 0 Å². The molecule has 1 unspecified atom stereocenters. The zero-order chi connectivity index (χ0) is 23.2. The molecule has 4 aromatic carbocycles. The number of hydrogen-bond donors (Lipinski definition) is 0. The van der Waals surface area contributed by atoms with Gasteiger partial charge in [0, 0.05) is 25.8 Å². The van der Waals surface area contributed by atoms with E-state index in [-0.39, 0.29) is 25.8 Å². The Morgan fingerprint density at radius 1 is 1.00 bits per heavy atom. The molecule has 0 saturated heterocycles. The van der Waals surface area contributed by atoms with Gasteiger partial charge in [-0.25, -0.2) is 12.1 Å². The summed E-state index contributed by atoms with van der Waals surface area (Å²) >= 11 is 0. The Morgan fingerprint density at radius 2 is 1.73 bits per heavy atom. The van der Waals surface area contributed by atoms with Crippen molar-refractivity contribution in [3.8, 4) is 0 Å². The van der Waals surface area contributed by atoms with Crippen LogP contribution in [0.1, 0.15) is 43.4 Å². The topological polar surface area (TPSA) is 0 Å². The molecule has 4 aromatic rings. The van der Waals surface area contributed by atoms with Gasteiger partial charge in [0.15, 0.2) is 0 Å². The fourth-order valence-electron chi connectivity index (χ4n) is 3.42. The average Bonchev–Trinajstić information content (AvgIpc) is 3.40. The molecule has 0 nitrogen and oxygen atoms in total. The van der Waals surface area contributed by atoms with E-state index in [4.69, 9.17) is 0 Å². The van der Waals surface area contributed by atoms with Crippen LogP contribution in [0.5, 0.6) is 0 Å². The molecule has 4 rings (SSSR count). The van der Waals surface area contributed by atoms with Crippen molar-refractivity contribution >= 4 is 30.0 Å². The maximum Gasteiger partial charge on any atom is 0 e. The first kappa shape index (κ1) is 29.2. The van der Waals surface area contributed by atoms with Crippen molar-refractivity contribution in [3.05, 3.63) is 120 Å². The van der Waals surface area contributed by atoms with Gasteiger partial charge in [0.2, 0.25) is 0 Å². The third kappa shape index (κ3) is 10.3. The molecule has 0 aliphatic heterocycles. The van der Waals surface area contributed by atoms with Crippen molar-refractivity contribution in [2.45, 2.75) is 47.0 Å². The molecule has 0 amide bonds. The molecule has 2 heteroatoms. The summed E-state index contributed by atoms with van der Waals surface area (Å²) in [7, 11) is 0.759. The van der Waals surface area contributed by atoms with Gasteiger partial charge in [0.05, 0.1) is 0 Å². The number of allylic oxidation sites excluding steroid dienone is 3. The van der Waals surface area contributed by atoms with E-state index in [1.54, 1.807) is 6.08 Å². The van der Waals surface area contributed by atoms with Crippen LogP contribution in [0.2, 0.25) is 0 Å². The fourth-order valence-corrected chi connectivity index (χ4v) is 4.65. The van der Waals surface area contributed by atoms with Crippen molar-refractivity contribution in [1.29, 1.82) is 0 Å². The van der Waals surface area contributed by atoms with Gasteiger partial charge in [0.25, 0.3) is 0 Å². The van der Waals surface area contributed by atoms with E-state index in [9.17, 15) is 0 Å². The Kier molecular flexibility index (Phi) is 14.8. The molecule has 0 N–H and O–H groups in total. The first-order chi connectivity index (χ1) is 15.6. The van der Waals surface area contributed by atoms with E-state index >= 15 is 0 Å². The van der Waals surface area contributed by atoms with E-state index in [1.807, 2.05) is 19.1 Å². The van der Waals surface area contributed by atoms with Crippen LogP contribution in [-0.4, -0.2) is 0 Å². The number of aryl methyl sites for hydroxylation is 3. The number of unbranched alkanes of at least 4 members (excludes halogenated alkanes) is 1. The van der Waals surface area contributed by atoms with Crippen molar-refractivity contribution in [2.75, 3.05) is 0 Å². The molecule has 0 spiro atoms. The molecule has 0 aliphatic carbocycles. The minimum absolute atomic E-state index is 0. The van der Waals surface area contributed by atoms with Gasteiger partial charge in [-0.3, -0.25) is 0 Å². The molecule has 1 atom stereocenters. The quantitative estimate of drug-likeness (QED) is 0.0883. The maximum absolute atomic E-state index is 3.46. The molecule has 33 heavy (non-hydrogen) atoms. The zero-order valence-electron chi connectivity index (χ0n) is 20.6. The average molecular weight is 619 g/mol. The zero-order valence-corrected chi connectivity index (χ0v) is 25.2. The van der Waals surface area contributed by atoms with Crippen molar-refractivity contribution in [2.24, 2.45) is 0 Å². The molecule has 0 fully saturated rings. The summed E-state index contributed by atoms with van der Waals surface area (Å²) in [6.45, 7) is 12.0. The number of hydrogen-bond acceptors (Lipinski definition) is 0. The summed E-state index contributed by atoms with van der Waals surface area (Å²) in [5.74, 6) is 0. The third-order valence-electron chi connectivity index (χ3n) is 5.32. The summed E-state index contributed by atoms with van der Waals surface area (Å²) < 4.78 is 0. The van der Waals surface area contributed by atoms with Gasteiger partial charge >= 0.3 is 0 Å². The predicted molar refractivity (Wildman–Crippen MR) is 149 cm³/mol. The second kappa shape index (κ2) is 16.7. The van der Waals surface area contributed by atoms with Crippen LogP contribution in [0.15, 0.2) is 104 Å². The Labute approximate surface area is 222 Å². The van der Waals surface area contributed by atoms with Crippen LogP contribution < -0.4 is 10.6 Å². The second-order valence-electron chi connectivity index (χ2n) is 7.91. The second-order valence-corrected chi connectivity index (χ2v) is 9.28. The van der Waals surface area contributed by atoms with Crippen LogP contribution in [-0.2, 0) is 32.3 Å². The Morgan fingerprint density at radius 3 is 2.30 bits per heavy atom. The number of benzene rings is 2. The van der Waals surface area contributed by atoms with E-state index < -0.39 is 0 Å². The summed E-state index contributed by atoms with van der Waals surface area (Å²) in [4.78, 5) is 0. The molecule has 0 saturated carbocycles. The molecule has 0 bridgehead atoms. The summed E-state index contributed by atoms with van der Waals surface area (Å²) in [6.07, 6.45) is 9.46. The predicted octanol–water partition coefficient (Wildman–Crippen LogP) is 8.30. The molecule has 172 valence electrons. The fraction of sp³-hybridized carbons (Fsp3) is 0.226. The van der Waals surface area contributed by atoms with E-state index in [1.165, 1.54) is 57.3 Å². The molecule has 0 aromatic heterocycles. The van der Waals surface area contributed by atoms with Gasteiger partial charge in [-0.05, 0) is 24.7 Å². The first-order valence-electron chi connectivity index (χ1n) is 11.5. The first-order valence-corrected chi connectivity index (χ1v) is 12.5. The standard InChI is InChI=1S/C16H14P.C10H15.C5H8.Hf/c1-12-6-2-5-9-16(12)17-15-10-13-7-3-4-8-14(13)11-15;1-3-4-7-10-8-5-6-9(10)2;1-3-5-4-2;/h2-11,17H,1H3;5-6,8H,3-4,7H2,1-2H3;3-5H,1H2,2H3;/q2*-1;;. The molecular formula is C31H37HfP-2. The van der Waals surface area contributed by atoms with E-state index in [0.29, 0.717) is 0 Å². The summed E-state index contributed by atoms with van der Waals surface area (Å²) in [6, 6.07) is 28.4. The summed E-state index contributed by atoms with van der Waals surface area (Å²) in [5, 5.41) is 5.58. The van der Waals surface area contributed by atoms with Crippen molar-refractivity contribution in [1.82, 2.24) is 0 Å². The normalized spacial score (nSPS) is 10.4.